The Balaban J connectivity index is 1.26. The van der Waals surface area contributed by atoms with E-state index in [1.54, 1.807) is 28.0 Å². The lowest BCUT2D eigenvalue weighted by Gasteiger charge is -2.38. The molecule has 0 spiro atoms. The van der Waals surface area contributed by atoms with Crippen molar-refractivity contribution in [3.63, 3.8) is 0 Å². The highest BCUT2D eigenvalue weighted by Gasteiger charge is 2.31. The standard InChI is InChI=1S/C23H27FN4O2/c24-20-8-4-5-9-21(20)26-14-16-28(17-15-26)23(30)22(29)27-12-10-25(11-13-27)18-19-6-2-1-3-7-19/h1-9H,10-18H2. The van der Waals surface area contributed by atoms with Crippen LogP contribution >= 0.6 is 0 Å². The molecule has 30 heavy (non-hydrogen) atoms. The molecular formula is C23H27FN4O2. The van der Waals surface area contributed by atoms with E-state index in [9.17, 15) is 14.0 Å². The molecule has 0 unspecified atom stereocenters. The Labute approximate surface area is 176 Å². The summed E-state index contributed by atoms with van der Waals surface area (Å²) < 4.78 is 14.0. The van der Waals surface area contributed by atoms with Crippen LogP contribution in [-0.2, 0) is 16.1 Å². The zero-order valence-corrected chi connectivity index (χ0v) is 17.0. The number of halogens is 1. The van der Waals surface area contributed by atoms with Gasteiger partial charge in [-0.05, 0) is 17.7 Å². The fourth-order valence-corrected chi connectivity index (χ4v) is 4.08. The van der Waals surface area contributed by atoms with Gasteiger partial charge in [-0.15, -0.1) is 0 Å². The third-order valence-corrected chi connectivity index (χ3v) is 5.85. The molecule has 0 radical (unpaired) electrons. The molecule has 2 aliphatic rings. The molecule has 4 rings (SSSR count). The minimum absolute atomic E-state index is 0.262. The molecule has 2 fully saturated rings. The molecule has 0 N–H and O–H groups in total. The number of hydrogen-bond donors (Lipinski definition) is 0. The number of carbonyl (C=O) groups excluding carboxylic acids is 2. The smallest absolute Gasteiger partial charge is 0.312 e. The largest absolute Gasteiger partial charge is 0.366 e. The summed E-state index contributed by atoms with van der Waals surface area (Å²) in [4.78, 5) is 32.9. The average Bonchev–Trinajstić information content (AvgIpc) is 2.80. The molecule has 0 saturated carbocycles. The van der Waals surface area contributed by atoms with Crippen molar-refractivity contribution in [2.75, 3.05) is 57.3 Å². The van der Waals surface area contributed by atoms with Crippen LogP contribution in [0.5, 0.6) is 0 Å². The molecule has 7 heteroatoms. The van der Waals surface area contributed by atoms with E-state index in [1.807, 2.05) is 23.1 Å². The van der Waals surface area contributed by atoms with Crippen LogP contribution in [0.2, 0.25) is 0 Å². The molecular weight excluding hydrogens is 383 g/mol. The van der Waals surface area contributed by atoms with Gasteiger partial charge in [0.1, 0.15) is 5.82 Å². The fraction of sp³-hybridized carbons (Fsp3) is 0.391. The Kier molecular flexibility index (Phi) is 6.28. The van der Waals surface area contributed by atoms with E-state index in [0.717, 1.165) is 19.6 Å². The van der Waals surface area contributed by atoms with Crippen molar-refractivity contribution in [3.05, 3.63) is 66.0 Å². The summed E-state index contributed by atoms with van der Waals surface area (Å²) in [6, 6.07) is 16.9. The average molecular weight is 410 g/mol. The summed E-state index contributed by atoms with van der Waals surface area (Å²) in [5, 5.41) is 0. The van der Waals surface area contributed by atoms with Gasteiger partial charge in [0.15, 0.2) is 0 Å². The normalized spacial score (nSPS) is 17.8. The van der Waals surface area contributed by atoms with Gasteiger partial charge in [-0.3, -0.25) is 14.5 Å². The minimum atomic E-state index is -0.445. The van der Waals surface area contributed by atoms with Crippen molar-refractivity contribution >= 4 is 17.5 Å². The monoisotopic (exact) mass is 410 g/mol. The zero-order chi connectivity index (χ0) is 20.9. The van der Waals surface area contributed by atoms with Crippen molar-refractivity contribution in [2.24, 2.45) is 0 Å². The van der Waals surface area contributed by atoms with Crippen LogP contribution < -0.4 is 4.90 Å². The number of para-hydroxylation sites is 1. The van der Waals surface area contributed by atoms with Crippen LogP contribution in [-0.4, -0.2) is 78.9 Å². The molecule has 0 aliphatic carbocycles. The topological polar surface area (TPSA) is 47.1 Å². The van der Waals surface area contributed by atoms with Crippen LogP contribution in [0.1, 0.15) is 5.56 Å². The number of anilines is 1. The van der Waals surface area contributed by atoms with E-state index >= 15 is 0 Å². The first-order valence-electron chi connectivity index (χ1n) is 10.5. The Morgan fingerprint density at radius 1 is 0.700 bits per heavy atom. The zero-order valence-electron chi connectivity index (χ0n) is 17.0. The number of hydrogen-bond acceptors (Lipinski definition) is 4. The molecule has 2 aromatic carbocycles. The molecule has 0 atom stereocenters. The number of benzene rings is 2. The first kappa shape index (κ1) is 20.3. The van der Waals surface area contributed by atoms with E-state index in [-0.39, 0.29) is 5.82 Å². The van der Waals surface area contributed by atoms with Gasteiger partial charge >= 0.3 is 11.8 Å². The highest BCUT2D eigenvalue weighted by atomic mass is 19.1. The predicted molar refractivity (Wildman–Crippen MR) is 113 cm³/mol. The van der Waals surface area contributed by atoms with Crippen molar-refractivity contribution in [1.82, 2.24) is 14.7 Å². The van der Waals surface area contributed by atoms with Crippen LogP contribution in [0.15, 0.2) is 54.6 Å². The molecule has 6 nitrogen and oxygen atoms in total. The van der Waals surface area contributed by atoms with Gasteiger partial charge < -0.3 is 14.7 Å². The Hall–Kier alpha value is -2.93. The third-order valence-electron chi connectivity index (χ3n) is 5.85. The second-order valence-corrected chi connectivity index (χ2v) is 7.78. The van der Waals surface area contributed by atoms with Gasteiger partial charge in [0.05, 0.1) is 5.69 Å². The maximum atomic E-state index is 14.0. The van der Waals surface area contributed by atoms with E-state index < -0.39 is 11.8 Å². The lowest BCUT2D eigenvalue weighted by Crippen LogP contribution is -2.56. The summed E-state index contributed by atoms with van der Waals surface area (Å²) >= 11 is 0. The summed E-state index contributed by atoms with van der Waals surface area (Å²) in [5.74, 6) is -1.13. The maximum absolute atomic E-state index is 14.0. The van der Waals surface area contributed by atoms with E-state index in [2.05, 4.69) is 17.0 Å². The van der Waals surface area contributed by atoms with Crippen molar-refractivity contribution < 1.29 is 14.0 Å². The van der Waals surface area contributed by atoms with Gasteiger partial charge in [-0.2, -0.15) is 0 Å². The quantitative estimate of drug-likeness (QED) is 0.725. The highest BCUT2D eigenvalue weighted by Crippen LogP contribution is 2.20. The molecule has 0 bridgehead atoms. The molecule has 2 saturated heterocycles. The SMILES string of the molecule is O=C(C(=O)N1CCN(c2ccccc2F)CC1)N1CCN(Cc2ccccc2)CC1. The first-order valence-corrected chi connectivity index (χ1v) is 10.5. The number of carbonyl (C=O) groups is 2. The summed E-state index contributed by atoms with van der Waals surface area (Å²) in [6.45, 7) is 5.38. The number of piperazine rings is 2. The molecule has 2 amide bonds. The van der Waals surface area contributed by atoms with Crippen molar-refractivity contribution in [3.8, 4) is 0 Å². The van der Waals surface area contributed by atoms with Gasteiger partial charge in [-0.25, -0.2) is 4.39 Å². The molecule has 2 aromatic rings. The molecule has 2 heterocycles. The van der Waals surface area contributed by atoms with Crippen molar-refractivity contribution in [1.29, 1.82) is 0 Å². The lowest BCUT2D eigenvalue weighted by atomic mass is 10.2. The Bertz CT molecular complexity index is 876. The van der Waals surface area contributed by atoms with E-state index in [4.69, 9.17) is 0 Å². The van der Waals surface area contributed by atoms with E-state index in [1.165, 1.54) is 11.6 Å². The van der Waals surface area contributed by atoms with Crippen LogP contribution in [0.3, 0.4) is 0 Å². The molecule has 2 aliphatic heterocycles. The van der Waals surface area contributed by atoms with Gasteiger partial charge in [0.2, 0.25) is 0 Å². The molecule has 158 valence electrons. The number of amides is 2. The molecule has 0 aromatic heterocycles. The second kappa shape index (κ2) is 9.26. The third kappa shape index (κ3) is 4.62. The van der Waals surface area contributed by atoms with E-state index in [0.29, 0.717) is 45.0 Å². The van der Waals surface area contributed by atoms with Gasteiger partial charge in [0, 0.05) is 58.9 Å². The van der Waals surface area contributed by atoms with Crippen LogP contribution in [0, 0.1) is 5.82 Å². The summed E-state index contributed by atoms with van der Waals surface area (Å²) in [7, 11) is 0. The lowest BCUT2D eigenvalue weighted by molar-refractivity contribution is -0.153. The van der Waals surface area contributed by atoms with Crippen LogP contribution in [0.4, 0.5) is 10.1 Å². The maximum Gasteiger partial charge on any atom is 0.312 e. The Morgan fingerprint density at radius 3 is 1.83 bits per heavy atom. The highest BCUT2D eigenvalue weighted by molar-refractivity contribution is 6.35. The first-order chi connectivity index (χ1) is 14.6. The van der Waals surface area contributed by atoms with Crippen LogP contribution in [0.25, 0.3) is 0 Å². The number of nitrogens with zero attached hydrogens (tertiary/aromatic N) is 4. The van der Waals surface area contributed by atoms with Gasteiger partial charge in [-0.1, -0.05) is 42.5 Å². The van der Waals surface area contributed by atoms with Gasteiger partial charge in [0.25, 0.3) is 0 Å². The predicted octanol–water partition coefficient (Wildman–Crippen LogP) is 1.82. The second-order valence-electron chi connectivity index (χ2n) is 7.78. The number of rotatable bonds is 3. The summed E-state index contributed by atoms with van der Waals surface area (Å²) in [5.41, 5.74) is 1.80. The summed E-state index contributed by atoms with van der Waals surface area (Å²) in [6.07, 6.45) is 0. The minimum Gasteiger partial charge on any atom is -0.366 e. The van der Waals surface area contributed by atoms with Crippen molar-refractivity contribution in [2.45, 2.75) is 6.54 Å². The fourth-order valence-electron chi connectivity index (χ4n) is 4.08. The Morgan fingerprint density at radius 2 is 1.23 bits per heavy atom.